The van der Waals surface area contributed by atoms with Crippen molar-refractivity contribution in [3.63, 3.8) is 0 Å². The van der Waals surface area contributed by atoms with Gasteiger partial charge in [-0.2, -0.15) is 0 Å². The highest BCUT2D eigenvalue weighted by Crippen LogP contribution is 2.23. The van der Waals surface area contributed by atoms with Gasteiger partial charge >= 0.3 is 0 Å². The molecule has 0 aromatic carbocycles. The zero-order valence-electron chi connectivity index (χ0n) is 6.45. The Balaban J connectivity index is 2.74. The van der Waals surface area contributed by atoms with Gasteiger partial charge in [0.25, 0.3) is 0 Å². The summed E-state index contributed by atoms with van der Waals surface area (Å²) in [5, 5.41) is 0.163. The maximum absolute atomic E-state index is 11.3. The van der Waals surface area contributed by atoms with Gasteiger partial charge in [0.05, 0.1) is 12.8 Å². The Morgan fingerprint density at radius 3 is 2.75 bits per heavy atom. The van der Waals surface area contributed by atoms with Crippen molar-refractivity contribution in [2.24, 2.45) is 4.99 Å². The number of hydrogen-bond donors (Lipinski definition) is 0. The van der Waals surface area contributed by atoms with E-state index in [4.69, 9.17) is 4.74 Å². The summed E-state index contributed by atoms with van der Waals surface area (Å²) in [6.07, 6.45) is 1.62. The van der Waals surface area contributed by atoms with Crippen LogP contribution >= 0.6 is 15.9 Å². The highest BCUT2D eigenvalue weighted by Gasteiger charge is 2.26. The number of halogens is 1. The van der Waals surface area contributed by atoms with Crippen molar-refractivity contribution < 1.29 is 13.2 Å². The summed E-state index contributed by atoms with van der Waals surface area (Å²) in [5.41, 5.74) is 0. The molecule has 0 amide bonds. The zero-order chi connectivity index (χ0) is 9.19. The normalized spacial score (nSPS) is 20.5. The van der Waals surface area contributed by atoms with Crippen molar-refractivity contribution in [3.05, 3.63) is 10.0 Å². The Morgan fingerprint density at radius 1 is 1.67 bits per heavy atom. The number of sulfone groups is 1. The highest BCUT2D eigenvalue weighted by atomic mass is 79.9. The standard InChI is InChI=1S/C6H8BrNO3S/c1-11-3-2-6-8-4-5(7)12(6,9)10/h4H,2-3H2,1H3. The molecule has 1 aliphatic heterocycles. The van der Waals surface area contributed by atoms with Gasteiger partial charge in [0.1, 0.15) is 8.86 Å². The fraction of sp³-hybridized carbons (Fsp3) is 0.500. The van der Waals surface area contributed by atoms with Crippen molar-refractivity contribution >= 4 is 30.8 Å². The summed E-state index contributed by atoms with van der Waals surface area (Å²) in [7, 11) is -1.77. The third-order valence-corrected chi connectivity index (χ3v) is 4.43. The number of rotatable bonds is 3. The van der Waals surface area contributed by atoms with E-state index in [0.29, 0.717) is 13.0 Å². The second-order valence-corrected chi connectivity index (χ2v) is 5.50. The lowest BCUT2D eigenvalue weighted by Crippen LogP contribution is -2.12. The fourth-order valence-electron chi connectivity index (χ4n) is 0.762. The van der Waals surface area contributed by atoms with Crippen LogP contribution in [0.2, 0.25) is 0 Å². The molecular weight excluding hydrogens is 246 g/mol. The summed E-state index contributed by atoms with van der Waals surface area (Å²) < 4.78 is 27.5. The van der Waals surface area contributed by atoms with Crippen molar-refractivity contribution in [3.8, 4) is 0 Å². The first-order valence-corrected chi connectivity index (χ1v) is 5.53. The fourth-order valence-corrected chi connectivity index (χ4v) is 2.39. The van der Waals surface area contributed by atoms with Crippen LogP contribution in [0.1, 0.15) is 6.42 Å². The van der Waals surface area contributed by atoms with Crippen LogP contribution in [0.25, 0.3) is 0 Å². The van der Waals surface area contributed by atoms with Crippen LogP contribution < -0.4 is 0 Å². The first kappa shape index (κ1) is 9.88. The molecule has 0 aliphatic carbocycles. The maximum Gasteiger partial charge on any atom is 0.228 e. The number of methoxy groups -OCH3 is 1. The molecule has 0 aromatic heterocycles. The van der Waals surface area contributed by atoms with E-state index in [1.165, 1.54) is 13.3 Å². The Labute approximate surface area is 79.4 Å². The van der Waals surface area contributed by atoms with E-state index in [2.05, 4.69) is 20.9 Å². The molecule has 1 aliphatic rings. The molecule has 68 valence electrons. The van der Waals surface area contributed by atoms with Crippen molar-refractivity contribution in [1.82, 2.24) is 0 Å². The first-order chi connectivity index (χ1) is 5.59. The number of hydrogen-bond acceptors (Lipinski definition) is 4. The largest absolute Gasteiger partial charge is 0.384 e. The molecule has 0 saturated heterocycles. The Bertz CT molecular complexity index is 331. The van der Waals surface area contributed by atoms with E-state index in [1.807, 2.05) is 0 Å². The van der Waals surface area contributed by atoms with Crippen LogP contribution in [0.4, 0.5) is 0 Å². The lowest BCUT2D eigenvalue weighted by Gasteiger charge is -1.99. The van der Waals surface area contributed by atoms with Crippen molar-refractivity contribution in [2.75, 3.05) is 13.7 Å². The topological polar surface area (TPSA) is 55.7 Å². The maximum atomic E-state index is 11.3. The summed E-state index contributed by atoms with van der Waals surface area (Å²) in [6, 6.07) is 0. The lowest BCUT2D eigenvalue weighted by molar-refractivity contribution is 0.208. The summed E-state index contributed by atoms with van der Waals surface area (Å²) in [6.45, 7) is 0.367. The highest BCUT2D eigenvalue weighted by molar-refractivity contribution is 9.14. The quantitative estimate of drug-likeness (QED) is 0.756. The van der Waals surface area contributed by atoms with E-state index in [0.717, 1.165) is 0 Å². The van der Waals surface area contributed by atoms with Crippen LogP contribution in [0.3, 0.4) is 0 Å². The van der Waals surface area contributed by atoms with Crippen molar-refractivity contribution in [1.29, 1.82) is 0 Å². The van der Waals surface area contributed by atoms with E-state index in [1.54, 1.807) is 0 Å². The third kappa shape index (κ3) is 1.75. The SMILES string of the molecule is COCCC1=NC=C(Br)S1(=O)=O. The van der Waals surface area contributed by atoms with E-state index >= 15 is 0 Å². The molecule has 0 fully saturated rings. The molecule has 0 aromatic rings. The molecule has 12 heavy (non-hydrogen) atoms. The number of nitrogens with zero attached hydrogens (tertiary/aromatic N) is 1. The molecule has 4 nitrogen and oxygen atoms in total. The molecule has 0 radical (unpaired) electrons. The van der Waals surface area contributed by atoms with Crippen LogP contribution in [-0.2, 0) is 14.6 Å². The predicted molar refractivity (Wildman–Crippen MR) is 49.9 cm³/mol. The van der Waals surface area contributed by atoms with E-state index in [-0.39, 0.29) is 8.86 Å². The molecule has 1 rings (SSSR count). The Hall–Kier alpha value is -0.200. The second-order valence-electron chi connectivity index (χ2n) is 2.20. The van der Waals surface area contributed by atoms with Crippen molar-refractivity contribution in [2.45, 2.75) is 6.42 Å². The van der Waals surface area contributed by atoms with Gasteiger partial charge in [-0.1, -0.05) is 0 Å². The van der Waals surface area contributed by atoms with Gasteiger partial charge in [0.2, 0.25) is 9.84 Å². The van der Waals surface area contributed by atoms with E-state index < -0.39 is 9.84 Å². The smallest absolute Gasteiger partial charge is 0.228 e. The average molecular weight is 254 g/mol. The minimum absolute atomic E-state index is 0.126. The molecule has 0 unspecified atom stereocenters. The van der Waals surface area contributed by atoms with Gasteiger partial charge in [-0.25, -0.2) is 13.4 Å². The van der Waals surface area contributed by atoms with Crippen LogP contribution in [-0.4, -0.2) is 27.2 Å². The van der Waals surface area contributed by atoms with Gasteiger partial charge in [-0.05, 0) is 15.9 Å². The summed E-state index contributed by atoms with van der Waals surface area (Å²) >= 11 is 2.91. The van der Waals surface area contributed by atoms with Gasteiger partial charge in [-0.3, -0.25) is 0 Å². The zero-order valence-corrected chi connectivity index (χ0v) is 8.85. The minimum Gasteiger partial charge on any atom is -0.384 e. The first-order valence-electron chi connectivity index (χ1n) is 3.25. The molecule has 0 spiro atoms. The molecule has 0 N–H and O–H groups in total. The van der Waals surface area contributed by atoms with Gasteiger partial charge in [0.15, 0.2) is 0 Å². The molecule has 0 saturated carbocycles. The average Bonchev–Trinajstić information content (AvgIpc) is 2.25. The minimum atomic E-state index is -3.29. The Kier molecular flexibility index (Phi) is 3.03. The number of aliphatic imine (C=N–C) groups is 1. The van der Waals surface area contributed by atoms with Gasteiger partial charge < -0.3 is 4.74 Å². The van der Waals surface area contributed by atoms with Crippen LogP contribution in [0.5, 0.6) is 0 Å². The number of ether oxygens (including phenoxy) is 1. The second kappa shape index (κ2) is 3.68. The summed E-state index contributed by atoms with van der Waals surface area (Å²) in [4.78, 5) is 3.75. The third-order valence-electron chi connectivity index (χ3n) is 1.40. The monoisotopic (exact) mass is 253 g/mol. The molecule has 6 heteroatoms. The molecular formula is C6H8BrNO3S. The Morgan fingerprint density at radius 2 is 2.33 bits per heavy atom. The summed E-state index contributed by atoms with van der Waals surface area (Å²) in [5.74, 6) is 0. The predicted octanol–water partition coefficient (Wildman–Crippen LogP) is 1.04. The molecule has 1 heterocycles. The molecule has 0 atom stereocenters. The lowest BCUT2D eigenvalue weighted by atomic mass is 10.5. The van der Waals surface area contributed by atoms with Gasteiger partial charge in [-0.15, -0.1) is 0 Å². The van der Waals surface area contributed by atoms with E-state index in [9.17, 15) is 8.42 Å². The van der Waals surface area contributed by atoms with Crippen LogP contribution in [0.15, 0.2) is 15.0 Å². The van der Waals surface area contributed by atoms with Gasteiger partial charge in [0, 0.05) is 13.5 Å². The molecule has 0 bridgehead atoms. The van der Waals surface area contributed by atoms with Crippen LogP contribution in [0, 0.1) is 0 Å².